The molecule has 1 fully saturated rings. The first kappa shape index (κ1) is 14.9. The average Bonchev–Trinajstić information content (AvgIpc) is 3.31. The van der Waals surface area contributed by atoms with Gasteiger partial charge in [-0.1, -0.05) is 23.7 Å². The van der Waals surface area contributed by atoms with Crippen LogP contribution < -0.4 is 5.32 Å². The van der Waals surface area contributed by atoms with Crippen molar-refractivity contribution in [2.24, 2.45) is 0 Å². The van der Waals surface area contributed by atoms with Crippen LogP contribution in [-0.4, -0.2) is 6.04 Å². The van der Waals surface area contributed by atoms with Crippen LogP contribution in [0.15, 0.2) is 47.4 Å². The summed E-state index contributed by atoms with van der Waals surface area (Å²) in [5.74, 6) is 0.437. The molecule has 0 aliphatic heterocycles. The second-order valence-electron chi connectivity index (χ2n) is 5.32. The van der Waals surface area contributed by atoms with Gasteiger partial charge in [-0.25, -0.2) is 4.39 Å². The largest absolute Gasteiger partial charge is 0.310 e. The van der Waals surface area contributed by atoms with Crippen molar-refractivity contribution in [1.29, 1.82) is 0 Å². The Morgan fingerprint density at radius 3 is 2.62 bits per heavy atom. The summed E-state index contributed by atoms with van der Waals surface area (Å²) in [5, 5.41) is 4.12. The highest BCUT2D eigenvalue weighted by molar-refractivity contribution is 7.98. The molecule has 0 saturated heterocycles. The summed E-state index contributed by atoms with van der Waals surface area (Å²) < 4.78 is 13.2. The van der Waals surface area contributed by atoms with Gasteiger partial charge in [0.2, 0.25) is 0 Å². The molecule has 1 nitrogen and oxygen atoms in total. The summed E-state index contributed by atoms with van der Waals surface area (Å²) >= 11 is 7.75. The number of halogens is 2. The van der Waals surface area contributed by atoms with E-state index in [1.54, 1.807) is 17.8 Å². The monoisotopic (exact) mass is 321 g/mol. The normalized spacial score (nSPS) is 14.4. The van der Waals surface area contributed by atoms with Crippen molar-refractivity contribution in [1.82, 2.24) is 5.32 Å². The van der Waals surface area contributed by atoms with Crippen molar-refractivity contribution in [2.75, 3.05) is 0 Å². The van der Waals surface area contributed by atoms with Gasteiger partial charge >= 0.3 is 0 Å². The summed E-state index contributed by atoms with van der Waals surface area (Å²) in [6.45, 7) is 0.936. The molecular weight excluding hydrogens is 305 g/mol. The number of hydrogen-bond acceptors (Lipinski definition) is 2. The molecule has 0 bridgehead atoms. The van der Waals surface area contributed by atoms with E-state index in [1.165, 1.54) is 35.4 Å². The summed E-state index contributed by atoms with van der Waals surface area (Å²) in [6.07, 6.45) is 2.62. The van der Waals surface area contributed by atoms with Crippen LogP contribution in [0.3, 0.4) is 0 Å². The minimum atomic E-state index is -0.239. The number of benzene rings is 2. The number of rotatable bonds is 6. The van der Waals surface area contributed by atoms with Crippen molar-refractivity contribution in [2.45, 2.75) is 36.1 Å². The third-order valence-corrected chi connectivity index (χ3v) is 4.93. The molecular formula is C17H17ClFNS. The van der Waals surface area contributed by atoms with Gasteiger partial charge in [-0.3, -0.25) is 0 Å². The van der Waals surface area contributed by atoms with Crippen molar-refractivity contribution in [3.05, 3.63) is 64.4 Å². The minimum absolute atomic E-state index is 0.239. The summed E-state index contributed by atoms with van der Waals surface area (Å²) in [5.41, 5.74) is 2.14. The van der Waals surface area contributed by atoms with E-state index in [2.05, 4.69) is 29.6 Å². The third-order valence-electron chi connectivity index (χ3n) is 3.50. The molecule has 2 aromatic carbocycles. The maximum Gasteiger partial charge on any atom is 0.123 e. The number of nitrogens with one attached hydrogen (secondary N) is 1. The Morgan fingerprint density at radius 1 is 1.14 bits per heavy atom. The maximum absolute atomic E-state index is 13.2. The van der Waals surface area contributed by atoms with Crippen molar-refractivity contribution >= 4 is 23.4 Å². The second kappa shape index (κ2) is 6.82. The van der Waals surface area contributed by atoms with E-state index in [-0.39, 0.29) is 5.82 Å². The molecule has 2 aromatic rings. The Morgan fingerprint density at radius 2 is 1.90 bits per heavy atom. The molecule has 0 radical (unpaired) electrons. The van der Waals surface area contributed by atoms with E-state index in [9.17, 15) is 4.39 Å². The summed E-state index contributed by atoms with van der Waals surface area (Å²) in [4.78, 5) is 1.17. The van der Waals surface area contributed by atoms with E-state index in [4.69, 9.17) is 11.6 Å². The summed E-state index contributed by atoms with van der Waals surface area (Å²) in [7, 11) is 0. The van der Waals surface area contributed by atoms with Gasteiger partial charge in [-0.05, 0) is 54.3 Å². The molecule has 1 aliphatic carbocycles. The Kier molecular flexibility index (Phi) is 4.84. The van der Waals surface area contributed by atoms with Crippen LogP contribution in [0.1, 0.15) is 24.0 Å². The average molecular weight is 322 g/mol. The molecule has 0 spiro atoms. The lowest BCUT2D eigenvalue weighted by atomic mass is 10.2. The van der Waals surface area contributed by atoms with E-state index in [1.807, 2.05) is 0 Å². The zero-order valence-electron chi connectivity index (χ0n) is 11.6. The lowest BCUT2D eigenvalue weighted by Gasteiger charge is -2.07. The molecule has 1 aliphatic rings. The van der Waals surface area contributed by atoms with Crippen LogP contribution in [0.25, 0.3) is 0 Å². The standard InChI is InChI=1S/C17H17ClFNS/c18-17-8-3-14(19)9-13(17)11-21-16-6-1-12(2-7-16)10-20-15-4-5-15/h1-3,6-9,15,20H,4-5,10-11H2. The van der Waals surface area contributed by atoms with Gasteiger partial charge in [0, 0.05) is 28.3 Å². The van der Waals surface area contributed by atoms with Gasteiger partial charge in [-0.2, -0.15) is 0 Å². The number of thioether (sulfide) groups is 1. The smallest absolute Gasteiger partial charge is 0.123 e. The maximum atomic E-state index is 13.2. The topological polar surface area (TPSA) is 12.0 Å². The molecule has 110 valence electrons. The molecule has 21 heavy (non-hydrogen) atoms. The van der Waals surface area contributed by atoms with Gasteiger partial charge < -0.3 is 5.32 Å². The fraction of sp³-hybridized carbons (Fsp3) is 0.294. The molecule has 0 amide bonds. The molecule has 4 heteroatoms. The molecule has 0 unspecified atom stereocenters. The van der Waals surface area contributed by atoms with Crippen LogP contribution >= 0.6 is 23.4 Å². The van der Waals surface area contributed by atoms with Crippen molar-refractivity contribution in [3.63, 3.8) is 0 Å². The Balaban J connectivity index is 1.55. The zero-order valence-corrected chi connectivity index (χ0v) is 13.2. The van der Waals surface area contributed by atoms with Crippen LogP contribution in [0.5, 0.6) is 0 Å². The molecule has 0 heterocycles. The molecule has 0 aromatic heterocycles. The zero-order chi connectivity index (χ0) is 14.7. The van der Waals surface area contributed by atoms with Crippen molar-refractivity contribution in [3.8, 4) is 0 Å². The summed E-state index contributed by atoms with van der Waals surface area (Å²) in [6, 6.07) is 13.7. The van der Waals surface area contributed by atoms with Crippen LogP contribution in [0, 0.1) is 5.82 Å². The highest BCUT2D eigenvalue weighted by atomic mass is 35.5. The minimum Gasteiger partial charge on any atom is -0.310 e. The van der Waals surface area contributed by atoms with Crippen molar-refractivity contribution < 1.29 is 4.39 Å². The Labute approximate surface area is 133 Å². The highest BCUT2D eigenvalue weighted by Gasteiger charge is 2.19. The predicted octanol–water partition coefficient (Wildman–Crippen LogP) is 5.02. The van der Waals surface area contributed by atoms with Gasteiger partial charge in [0.25, 0.3) is 0 Å². The fourth-order valence-corrected chi connectivity index (χ4v) is 3.22. The van der Waals surface area contributed by atoms with E-state index in [0.717, 1.165) is 18.2 Å². The van der Waals surface area contributed by atoms with Gasteiger partial charge in [-0.15, -0.1) is 11.8 Å². The van der Waals surface area contributed by atoms with Gasteiger partial charge in [0.1, 0.15) is 5.82 Å². The quantitative estimate of drug-likeness (QED) is 0.749. The molecule has 0 atom stereocenters. The van der Waals surface area contributed by atoms with E-state index in [0.29, 0.717) is 10.8 Å². The Bertz CT molecular complexity index is 611. The van der Waals surface area contributed by atoms with Gasteiger partial charge in [0.05, 0.1) is 0 Å². The SMILES string of the molecule is Fc1ccc(Cl)c(CSc2ccc(CNC3CC3)cc2)c1. The molecule has 1 saturated carbocycles. The van der Waals surface area contributed by atoms with E-state index < -0.39 is 0 Å². The van der Waals surface area contributed by atoms with Gasteiger partial charge in [0.15, 0.2) is 0 Å². The van der Waals surface area contributed by atoms with Crippen LogP contribution in [0.4, 0.5) is 4.39 Å². The lowest BCUT2D eigenvalue weighted by molar-refractivity contribution is 0.626. The lowest BCUT2D eigenvalue weighted by Crippen LogP contribution is -2.14. The van der Waals surface area contributed by atoms with Crippen LogP contribution in [0.2, 0.25) is 5.02 Å². The predicted molar refractivity (Wildman–Crippen MR) is 87.3 cm³/mol. The first-order chi connectivity index (χ1) is 10.2. The third kappa shape index (κ3) is 4.47. The first-order valence-corrected chi connectivity index (χ1v) is 8.46. The van der Waals surface area contributed by atoms with Crippen LogP contribution in [-0.2, 0) is 12.3 Å². The fourth-order valence-electron chi connectivity index (χ4n) is 2.07. The molecule has 3 rings (SSSR count). The first-order valence-electron chi connectivity index (χ1n) is 7.10. The van der Waals surface area contributed by atoms with E-state index >= 15 is 0 Å². The highest BCUT2D eigenvalue weighted by Crippen LogP contribution is 2.27. The molecule has 1 N–H and O–H groups in total. The number of hydrogen-bond donors (Lipinski definition) is 1. The second-order valence-corrected chi connectivity index (χ2v) is 6.78. The Hall–Kier alpha value is -1.03.